The van der Waals surface area contributed by atoms with Crippen LogP contribution < -0.4 is 0 Å². The Balaban J connectivity index is 2.33. The van der Waals surface area contributed by atoms with Crippen molar-refractivity contribution < 1.29 is 0 Å². The Morgan fingerprint density at radius 1 is 1.36 bits per heavy atom. The van der Waals surface area contributed by atoms with Crippen LogP contribution in [-0.2, 0) is 5.75 Å². The lowest BCUT2D eigenvalue weighted by molar-refractivity contribution is 1.04. The third kappa shape index (κ3) is 1.93. The highest BCUT2D eigenvalue weighted by molar-refractivity contribution is 7.79. The molecule has 0 N–H and O–H groups in total. The van der Waals surface area contributed by atoms with Crippen LogP contribution in [-0.4, -0.2) is 15.0 Å². The minimum Gasteiger partial charge on any atom is -0.241 e. The van der Waals surface area contributed by atoms with E-state index in [1.54, 1.807) is 23.7 Å². The fraction of sp³-hybridized carbons (Fsp3) is 0.222. The zero-order valence-electron chi connectivity index (χ0n) is 7.64. The van der Waals surface area contributed by atoms with Gasteiger partial charge in [0.1, 0.15) is 10.8 Å². The van der Waals surface area contributed by atoms with Gasteiger partial charge < -0.3 is 0 Å². The summed E-state index contributed by atoms with van der Waals surface area (Å²) in [5.41, 5.74) is 2.00. The summed E-state index contributed by atoms with van der Waals surface area (Å²) < 4.78 is 0. The van der Waals surface area contributed by atoms with E-state index >= 15 is 0 Å². The number of hydrogen-bond acceptors (Lipinski definition) is 5. The lowest BCUT2D eigenvalue weighted by atomic mass is 10.3. The summed E-state index contributed by atoms with van der Waals surface area (Å²) in [6.45, 7) is 1.98. The maximum Gasteiger partial charge on any atom is 0.137 e. The number of thiazole rings is 1. The molecule has 0 amide bonds. The van der Waals surface area contributed by atoms with Crippen molar-refractivity contribution in [2.45, 2.75) is 12.7 Å². The largest absolute Gasteiger partial charge is 0.241 e. The number of hydrogen-bond donors (Lipinski definition) is 1. The molecule has 2 aromatic rings. The van der Waals surface area contributed by atoms with Crippen LogP contribution in [0.1, 0.15) is 11.5 Å². The van der Waals surface area contributed by atoms with Gasteiger partial charge in [0.05, 0.1) is 5.75 Å². The van der Waals surface area contributed by atoms with E-state index in [1.165, 1.54) is 0 Å². The van der Waals surface area contributed by atoms with Gasteiger partial charge in [-0.05, 0) is 6.92 Å². The summed E-state index contributed by atoms with van der Waals surface area (Å²) in [4.78, 5) is 12.7. The third-order valence-electron chi connectivity index (χ3n) is 1.71. The van der Waals surface area contributed by atoms with E-state index in [1.807, 2.05) is 12.3 Å². The minimum atomic E-state index is 0.567. The van der Waals surface area contributed by atoms with E-state index in [0.29, 0.717) is 5.75 Å². The van der Waals surface area contributed by atoms with Gasteiger partial charge >= 0.3 is 0 Å². The van der Waals surface area contributed by atoms with Gasteiger partial charge in [-0.2, -0.15) is 12.6 Å². The maximum absolute atomic E-state index is 4.36. The van der Waals surface area contributed by atoms with E-state index in [4.69, 9.17) is 0 Å². The summed E-state index contributed by atoms with van der Waals surface area (Å²) in [6, 6.07) is 0. The number of nitrogens with zero attached hydrogens (tertiary/aromatic N) is 3. The summed E-state index contributed by atoms with van der Waals surface area (Å²) in [5.74, 6) is 1.31. The van der Waals surface area contributed by atoms with Gasteiger partial charge in [-0.3, -0.25) is 0 Å². The molecule has 2 rings (SSSR count). The number of thiol groups is 1. The third-order valence-corrected chi connectivity index (χ3v) is 3.00. The smallest absolute Gasteiger partial charge is 0.137 e. The molecule has 2 heterocycles. The van der Waals surface area contributed by atoms with Gasteiger partial charge in [0.15, 0.2) is 0 Å². The standard InChI is InChI=1S/C9H9N3S2/c1-6-5-14-9(12-6)7-2-10-8(4-13)11-3-7/h2-3,5,13H,4H2,1H3. The molecule has 0 unspecified atom stereocenters. The van der Waals surface area contributed by atoms with E-state index < -0.39 is 0 Å². The average Bonchev–Trinajstić information content (AvgIpc) is 2.65. The monoisotopic (exact) mass is 223 g/mol. The number of aromatic nitrogens is 3. The summed E-state index contributed by atoms with van der Waals surface area (Å²) in [5, 5.41) is 2.98. The second-order valence-corrected chi connectivity index (χ2v) is 4.01. The van der Waals surface area contributed by atoms with Gasteiger partial charge in [0.2, 0.25) is 0 Å². The normalized spacial score (nSPS) is 10.4. The molecule has 72 valence electrons. The molecule has 0 radical (unpaired) electrons. The first-order valence-corrected chi connectivity index (χ1v) is 5.65. The Bertz CT molecular complexity index is 422. The fourth-order valence-corrected chi connectivity index (χ4v) is 1.97. The second-order valence-electron chi connectivity index (χ2n) is 2.84. The zero-order valence-corrected chi connectivity index (χ0v) is 9.35. The maximum atomic E-state index is 4.36. The van der Waals surface area contributed by atoms with Gasteiger partial charge in [-0.15, -0.1) is 11.3 Å². The quantitative estimate of drug-likeness (QED) is 0.794. The molecule has 0 aromatic carbocycles. The predicted octanol–water partition coefficient (Wildman–Crippen LogP) is 2.34. The minimum absolute atomic E-state index is 0.567. The van der Waals surface area contributed by atoms with Crippen molar-refractivity contribution in [1.29, 1.82) is 0 Å². The van der Waals surface area contributed by atoms with Gasteiger partial charge in [0, 0.05) is 29.0 Å². The molecule has 2 aromatic heterocycles. The Kier molecular flexibility index (Phi) is 2.79. The van der Waals surface area contributed by atoms with Crippen LogP contribution in [0, 0.1) is 6.92 Å². The summed E-state index contributed by atoms with van der Waals surface area (Å²) in [7, 11) is 0. The molecule has 0 aliphatic heterocycles. The molecular formula is C9H9N3S2. The van der Waals surface area contributed by atoms with Crippen LogP contribution in [0.25, 0.3) is 10.6 Å². The fourth-order valence-electron chi connectivity index (χ4n) is 1.03. The highest BCUT2D eigenvalue weighted by Crippen LogP contribution is 2.21. The summed E-state index contributed by atoms with van der Waals surface area (Å²) in [6.07, 6.45) is 3.58. The Morgan fingerprint density at radius 3 is 2.57 bits per heavy atom. The van der Waals surface area contributed by atoms with Crippen molar-refractivity contribution in [3.8, 4) is 10.6 Å². The van der Waals surface area contributed by atoms with E-state index in [9.17, 15) is 0 Å². The zero-order chi connectivity index (χ0) is 9.97. The van der Waals surface area contributed by atoms with Crippen LogP contribution in [0.3, 0.4) is 0 Å². The van der Waals surface area contributed by atoms with Crippen molar-refractivity contribution >= 4 is 24.0 Å². The van der Waals surface area contributed by atoms with Crippen LogP contribution in [0.15, 0.2) is 17.8 Å². The molecular weight excluding hydrogens is 214 g/mol. The van der Waals surface area contributed by atoms with Crippen molar-refractivity contribution in [2.24, 2.45) is 0 Å². The van der Waals surface area contributed by atoms with E-state index in [0.717, 1.165) is 22.1 Å². The second kappa shape index (κ2) is 4.06. The van der Waals surface area contributed by atoms with Gasteiger partial charge in [-0.25, -0.2) is 15.0 Å². The van der Waals surface area contributed by atoms with E-state index in [2.05, 4.69) is 27.6 Å². The molecule has 0 saturated carbocycles. The van der Waals surface area contributed by atoms with Crippen LogP contribution in [0.4, 0.5) is 0 Å². The van der Waals surface area contributed by atoms with Crippen molar-refractivity contribution in [3.63, 3.8) is 0 Å². The first-order valence-electron chi connectivity index (χ1n) is 4.14. The van der Waals surface area contributed by atoms with Crippen LogP contribution >= 0.6 is 24.0 Å². The number of aryl methyl sites for hydroxylation is 1. The van der Waals surface area contributed by atoms with Crippen molar-refractivity contribution in [2.75, 3.05) is 0 Å². The Labute approximate surface area is 91.7 Å². The molecule has 0 bridgehead atoms. The molecule has 0 aliphatic rings. The first kappa shape index (κ1) is 9.61. The molecule has 14 heavy (non-hydrogen) atoms. The molecule has 0 spiro atoms. The Hall–Kier alpha value is -0.940. The summed E-state index contributed by atoms with van der Waals surface area (Å²) >= 11 is 5.70. The topological polar surface area (TPSA) is 38.7 Å². The molecule has 0 saturated heterocycles. The number of rotatable bonds is 2. The van der Waals surface area contributed by atoms with Crippen LogP contribution in [0.2, 0.25) is 0 Å². The lowest BCUT2D eigenvalue weighted by Gasteiger charge is -1.96. The molecule has 0 aliphatic carbocycles. The van der Waals surface area contributed by atoms with Gasteiger partial charge in [-0.1, -0.05) is 0 Å². The molecule has 5 heteroatoms. The van der Waals surface area contributed by atoms with Crippen LogP contribution in [0.5, 0.6) is 0 Å². The SMILES string of the molecule is Cc1csc(-c2cnc(CS)nc2)n1. The average molecular weight is 223 g/mol. The lowest BCUT2D eigenvalue weighted by Crippen LogP contribution is -1.90. The highest BCUT2D eigenvalue weighted by atomic mass is 32.1. The van der Waals surface area contributed by atoms with Crippen molar-refractivity contribution in [3.05, 3.63) is 29.3 Å². The first-order chi connectivity index (χ1) is 6.79. The van der Waals surface area contributed by atoms with Gasteiger partial charge in [0.25, 0.3) is 0 Å². The molecule has 3 nitrogen and oxygen atoms in total. The van der Waals surface area contributed by atoms with E-state index in [-0.39, 0.29) is 0 Å². The van der Waals surface area contributed by atoms with Crippen molar-refractivity contribution in [1.82, 2.24) is 15.0 Å². The molecule has 0 atom stereocenters. The highest BCUT2D eigenvalue weighted by Gasteiger charge is 2.03. The predicted molar refractivity (Wildman–Crippen MR) is 60.6 cm³/mol. The molecule has 0 fully saturated rings. The Morgan fingerprint density at radius 2 is 2.07 bits per heavy atom.